The third-order valence-electron chi connectivity index (χ3n) is 5.80. The first-order valence-electron chi connectivity index (χ1n) is 11.5. The molecule has 5 rings (SSSR count). The van der Waals surface area contributed by atoms with Gasteiger partial charge in [-0.05, 0) is 41.3 Å². The molecule has 0 fully saturated rings. The van der Waals surface area contributed by atoms with E-state index < -0.39 is 0 Å². The third kappa shape index (κ3) is 5.47. The largest absolute Gasteiger partial charge is 0.489 e. The molecule has 0 saturated carbocycles. The Balaban J connectivity index is 1.24. The van der Waals surface area contributed by atoms with Gasteiger partial charge < -0.3 is 9.72 Å². The molecule has 1 aromatic heterocycles. The standard InChI is InChI=1S/C30H25N3O2/c34-30(28-14-8-7-13-24(28)17-22-9-3-1-4-10-22)33-32-20-25-19-31-29-18-26(15-16-27(25)29)35-21-23-11-5-2-6-12-23/h1-16,18-20,31H,17,21H2,(H,33,34). The van der Waals surface area contributed by atoms with Crippen LogP contribution in [0.2, 0.25) is 0 Å². The summed E-state index contributed by atoms with van der Waals surface area (Å²) in [6, 6.07) is 33.7. The Morgan fingerprint density at radius 1 is 0.857 bits per heavy atom. The lowest BCUT2D eigenvalue weighted by Gasteiger charge is -2.08. The van der Waals surface area contributed by atoms with Crippen molar-refractivity contribution in [3.05, 3.63) is 137 Å². The summed E-state index contributed by atoms with van der Waals surface area (Å²) >= 11 is 0. The number of carbonyl (C=O) groups is 1. The molecule has 4 aromatic carbocycles. The van der Waals surface area contributed by atoms with Crippen molar-refractivity contribution in [1.82, 2.24) is 10.4 Å². The monoisotopic (exact) mass is 459 g/mol. The second kappa shape index (κ2) is 10.5. The number of hydrogen-bond acceptors (Lipinski definition) is 3. The Bertz CT molecular complexity index is 1460. The fourth-order valence-electron chi connectivity index (χ4n) is 4.00. The Labute approximate surface area is 204 Å². The Hall–Kier alpha value is -4.64. The molecule has 0 spiro atoms. The maximum Gasteiger partial charge on any atom is 0.271 e. The number of ether oxygens (including phenoxy) is 1. The van der Waals surface area contributed by atoms with Crippen molar-refractivity contribution in [2.75, 3.05) is 0 Å². The van der Waals surface area contributed by atoms with Crippen LogP contribution in [0.15, 0.2) is 114 Å². The quantitative estimate of drug-likeness (QED) is 0.217. The molecule has 1 amide bonds. The van der Waals surface area contributed by atoms with Crippen molar-refractivity contribution >= 4 is 23.0 Å². The number of H-pyrrole nitrogens is 1. The molecule has 2 N–H and O–H groups in total. The lowest BCUT2D eigenvalue weighted by Crippen LogP contribution is -2.19. The number of benzene rings is 4. The van der Waals surface area contributed by atoms with E-state index in [1.165, 1.54) is 0 Å². The number of rotatable bonds is 8. The normalized spacial score (nSPS) is 11.1. The van der Waals surface area contributed by atoms with E-state index >= 15 is 0 Å². The molecule has 0 saturated heterocycles. The van der Waals surface area contributed by atoms with Gasteiger partial charge in [-0.1, -0.05) is 78.9 Å². The van der Waals surface area contributed by atoms with Gasteiger partial charge in [0.15, 0.2) is 0 Å². The van der Waals surface area contributed by atoms with Gasteiger partial charge in [0.2, 0.25) is 0 Å². The zero-order chi connectivity index (χ0) is 23.9. The van der Waals surface area contributed by atoms with E-state index in [1.54, 1.807) is 6.21 Å². The minimum Gasteiger partial charge on any atom is -0.489 e. The lowest BCUT2D eigenvalue weighted by molar-refractivity contribution is 0.0954. The molecule has 0 aliphatic rings. The Morgan fingerprint density at radius 3 is 2.37 bits per heavy atom. The summed E-state index contributed by atoms with van der Waals surface area (Å²) in [5, 5.41) is 5.21. The minimum absolute atomic E-state index is 0.232. The van der Waals surface area contributed by atoms with Gasteiger partial charge in [0.25, 0.3) is 5.91 Å². The number of aromatic amines is 1. The minimum atomic E-state index is -0.232. The lowest BCUT2D eigenvalue weighted by atomic mass is 9.99. The number of nitrogens with one attached hydrogen (secondary N) is 2. The first-order chi connectivity index (χ1) is 17.3. The van der Waals surface area contributed by atoms with Crippen molar-refractivity contribution in [3.63, 3.8) is 0 Å². The highest BCUT2D eigenvalue weighted by Gasteiger charge is 2.11. The average molecular weight is 460 g/mol. The second-order valence-electron chi connectivity index (χ2n) is 8.24. The predicted molar refractivity (Wildman–Crippen MR) is 140 cm³/mol. The molecule has 0 aliphatic carbocycles. The smallest absolute Gasteiger partial charge is 0.271 e. The summed E-state index contributed by atoms with van der Waals surface area (Å²) in [6.45, 7) is 0.513. The van der Waals surface area contributed by atoms with Crippen molar-refractivity contribution in [1.29, 1.82) is 0 Å². The van der Waals surface area contributed by atoms with Gasteiger partial charge in [-0.25, -0.2) is 5.43 Å². The molecule has 5 aromatic rings. The van der Waals surface area contributed by atoms with Gasteiger partial charge in [0.1, 0.15) is 12.4 Å². The molecule has 0 radical (unpaired) electrons. The molecule has 0 bridgehead atoms. The molecule has 172 valence electrons. The number of aromatic nitrogens is 1. The van der Waals surface area contributed by atoms with Crippen LogP contribution in [0, 0.1) is 0 Å². The van der Waals surface area contributed by atoms with Crippen molar-refractivity contribution < 1.29 is 9.53 Å². The van der Waals surface area contributed by atoms with E-state index in [-0.39, 0.29) is 5.91 Å². The van der Waals surface area contributed by atoms with Crippen LogP contribution in [0.5, 0.6) is 5.75 Å². The van der Waals surface area contributed by atoms with Gasteiger partial charge in [-0.2, -0.15) is 5.10 Å². The molecular weight excluding hydrogens is 434 g/mol. The number of hydrazone groups is 1. The van der Waals surface area contributed by atoms with E-state index in [4.69, 9.17) is 4.74 Å². The molecule has 5 heteroatoms. The maximum absolute atomic E-state index is 12.8. The first kappa shape index (κ1) is 22.2. The number of amides is 1. The fraction of sp³-hybridized carbons (Fsp3) is 0.0667. The van der Waals surface area contributed by atoms with Gasteiger partial charge in [-0.3, -0.25) is 4.79 Å². The highest BCUT2D eigenvalue weighted by atomic mass is 16.5. The Morgan fingerprint density at radius 2 is 1.57 bits per heavy atom. The third-order valence-corrected chi connectivity index (χ3v) is 5.80. The summed E-state index contributed by atoms with van der Waals surface area (Å²) in [5.74, 6) is 0.555. The van der Waals surface area contributed by atoms with Gasteiger partial charge in [0, 0.05) is 34.3 Å². The Kier molecular flexibility index (Phi) is 6.67. The molecule has 5 nitrogen and oxygen atoms in total. The van der Waals surface area contributed by atoms with Gasteiger partial charge in [0.05, 0.1) is 6.21 Å². The number of fused-ring (bicyclic) bond motifs is 1. The number of nitrogens with zero attached hydrogens (tertiary/aromatic N) is 1. The van der Waals surface area contributed by atoms with Crippen LogP contribution in [-0.2, 0) is 13.0 Å². The van der Waals surface area contributed by atoms with E-state index in [9.17, 15) is 4.79 Å². The van der Waals surface area contributed by atoms with Crippen LogP contribution < -0.4 is 10.2 Å². The van der Waals surface area contributed by atoms with Gasteiger partial charge in [-0.15, -0.1) is 0 Å². The van der Waals surface area contributed by atoms with Crippen LogP contribution in [0.4, 0.5) is 0 Å². The summed E-state index contributed by atoms with van der Waals surface area (Å²) < 4.78 is 5.91. The molecule has 0 aliphatic heterocycles. The van der Waals surface area contributed by atoms with Crippen molar-refractivity contribution in [3.8, 4) is 5.75 Å². The van der Waals surface area contributed by atoms with E-state index in [1.807, 2.05) is 97.2 Å². The molecule has 1 heterocycles. The number of carbonyl (C=O) groups excluding carboxylic acids is 1. The fourth-order valence-corrected chi connectivity index (χ4v) is 4.00. The molecule has 0 unspecified atom stereocenters. The summed E-state index contributed by atoms with van der Waals surface area (Å²) in [7, 11) is 0. The molecular formula is C30H25N3O2. The highest BCUT2D eigenvalue weighted by molar-refractivity contribution is 6.01. The topological polar surface area (TPSA) is 66.5 Å². The molecule has 0 atom stereocenters. The van der Waals surface area contributed by atoms with Crippen molar-refractivity contribution in [2.45, 2.75) is 13.0 Å². The van der Waals surface area contributed by atoms with E-state index in [0.29, 0.717) is 18.6 Å². The van der Waals surface area contributed by atoms with E-state index in [0.717, 1.165) is 38.9 Å². The zero-order valence-electron chi connectivity index (χ0n) is 19.1. The first-order valence-corrected chi connectivity index (χ1v) is 11.5. The van der Waals surface area contributed by atoms with Crippen LogP contribution in [0.25, 0.3) is 10.9 Å². The van der Waals surface area contributed by atoms with Crippen LogP contribution in [0.3, 0.4) is 0 Å². The summed E-state index contributed by atoms with van der Waals surface area (Å²) in [6.07, 6.45) is 4.21. The van der Waals surface area contributed by atoms with Crippen LogP contribution in [-0.4, -0.2) is 17.1 Å². The van der Waals surface area contributed by atoms with Gasteiger partial charge >= 0.3 is 0 Å². The zero-order valence-corrected chi connectivity index (χ0v) is 19.1. The summed E-state index contributed by atoms with van der Waals surface area (Å²) in [5.41, 5.74) is 8.34. The maximum atomic E-state index is 12.8. The number of hydrogen-bond donors (Lipinski definition) is 2. The van der Waals surface area contributed by atoms with E-state index in [2.05, 4.69) is 27.6 Å². The second-order valence-corrected chi connectivity index (χ2v) is 8.24. The highest BCUT2D eigenvalue weighted by Crippen LogP contribution is 2.23. The summed E-state index contributed by atoms with van der Waals surface area (Å²) in [4.78, 5) is 16.1. The van der Waals surface area contributed by atoms with Crippen molar-refractivity contribution in [2.24, 2.45) is 5.10 Å². The predicted octanol–water partition coefficient (Wildman–Crippen LogP) is 6.10. The molecule has 35 heavy (non-hydrogen) atoms. The average Bonchev–Trinajstić information content (AvgIpc) is 3.31. The van der Waals surface area contributed by atoms with Crippen LogP contribution >= 0.6 is 0 Å². The SMILES string of the molecule is O=C(NN=Cc1c[nH]c2cc(OCc3ccccc3)ccc12)c1ccccc1Cc1ccccc1. The van der Waals surface area contributed by atoms with Crippen LogP contribution in [0.1, 0.15) is 32.6 Å².